The number of phenols is 2. The largest absolute Gasteiger partial charge is 0.504 e. The van der Waals surface area contributed by atoms with E-state index in [0.29, 0.717) is 34.8 Å². The number of carbonyl (C=O) groups is 3. The van der Waals surface area contributed by atoms with Gasteiger partial charge in [0.05, 0.1) is 22.5 Å². The second kappa shape index (κ2) is 7.74. The van der Waals surface area contributed by atoms with Crippen molar-refractivity contribution in [2.75, 3.05) is 11.9 Å². The molecule has 0 saturated carbocycles. The number of hydrogen-bond donors (Lipinski definition) is 4. The van der Waals surface area contributed by atoms with Gasteiger partial charge in [-0.2, -0.15) is 0 Å². The summed E-state index contributed by atoms with van der Waals surface area (Å²) in [5.41, 5.74) is 0.258. The van der Waals surface area contributed by atoms with Crippen LogP contribution in [0.3, 0.4) is 0 Å². The summed E-state index contributed by atoms with van der Waals surface area (Å²) in [5, 5.41) is 26.1. The Labute approximate surface area is 195 Å². The second-order valence-corrected chi connectivity index (χ2v) is 9.29. The quantitative estimate of drug-likeness (QED) is 0.394. The number of para-hydroxylation sites is 1. The lowest BCUT2D eigenvalue weighted by Crippen LogP contribution is -2.53. The monoisotopic (exact) mass is 469 g/mol. The van der Waals surface area contributed by atoms with Crippen LogP contribution < -0.4 is 10.6 Å². The van der Waals surface area contributed by atoms with E-state index in [1.54, 1.807) is 24.3 Å². The Kier molecular flexibility index (Phi) is 5.10. The van der Waals surface area contributed by atoms with Crippen molar-refractivity contribution in [3.8, 4) is 11.5 Å². The van der Waals surface area contributed by atoms with E-state index in [9.17, 15) is 24.6 Å². The number of likely N-dealkylation sites (tertiary alicyclic amines) is 1. The van der Waals surface area contributed by atoms with E-state index in [1.807, 2.05) is 6.92 Å². The number of unbranched alkanes of at least 4 members (excludes halogenated alkanes) is 1. The van der Waals surface area contributed by atoms with E-state index in [4.69, 9.17) is 11.6 Å². The summed E-state index contributed by atoms with van der Waals surface area (Å²) in [6, 6.07) is 9.04. The van der Waals surface area contributed by atoms with Crippen molar-refractivity contribution in [2.45, 2.75) is 37.8 Å². The van der Waals surface area contributed by atoms with Gasteiger partial charge in [-0.05, 0) is 36.6 Å². The normalized spacial score (nSPS) is 27.9. The third-order valence-corrected chi connectivity index (χ3v) is 7.34. The Hall–Kier alpha value is -3.10. The molecule has 8 nitrogen and oxygen atoms in total. The fraction of sp³-hybridized carbons (Fsp3) is 0.375. The Morgan fingerprint density at radius 2 is 1.88 bits per heavy atom. The molecule has 2 aromatic rings. The van der Waals surface area contributed by atoms with E-state index >= 15 is 0 Å². The number of rotatable bonds is 5. The van der Waals surface area contributed by atoms with Crippen LogP contribution in [0.2, 0.25) is 5.02 Å². The molecule has 0 aromatic heterocycles. The molecule has 3 aliphatic rings. The molecule has 3 amide bonds. The molecule has 2 aromatic carbocycles. The van der Waals surface area contributed by atoms with Gasteiger partial charge in [0.15, 0.2) is 11.5 Å². The fourth-order valence-electron chi connectivity index (χ4n) is 5.51. The number of imide groups is 1. The van der Waals surface area contributed by atoms with Crippen LogP contribution in [0.15, 0.2) is 36.4 Å². The van der Waals surface area contributed by atoms with Crippen molar-refractivity contribution in [2.24, 2.45) is 11.8 Å². The molecule has 2 fully saturated rings. The molecule has 0 radical (unpaired) electrons. The van der Waals surface area contributed by atoms with Gasteiger partial charge in [0.25, 0.3) is 0 Å². The molecule has 3 heterocycles. The van der Waals surface area contributed by atoms with E-state index in [2.05, 4.69) is 10.6 Å². The zero-order chi connectivity index (χ0) is 23.5. The number of phenolic OH excluding ortho intramolecular Hbond substituents is 2. The summed E-state index contributed by atoms with van der Waals surface area (Å²) in [6.45, 7) is 2.30. The van der Waals surface area contributed by atoms with Gasteiger partial charge in [0, 0.05) is 18.2 Å². The summed E-state index contributed by atoms with van der Waals surface area (Å²) in [5.74, 6) is -3.23. The highest BCUT2D eigenvalue weighted by Gasteiger charge is 2.70. The van der Waals surface area contributed by atoms with Gasteiger partial charge in [-0.25, -0.2) is 0 Å². The molecule has 4 atom stereocenters. The van der Waals surface area contributed by atoms with Crippen molar-refractivity contribution < 1.29 is 24.6 Å². The van der Waals surface area contributed by atoms with Crippen molar-refractivity contribution in [3.05, 3.63) is 52.5 Å². The van der Waals surface area contributed by atoms with Crippen LogP contribution in [0.1, 0.15) is 30.9 Å². The van der Waals surface area contributed by atoms with Crippen molar-refractivity contribution >= 4 is 35.0 Å². The molecule has 1 spiro atoms. The fourth-order valence-corrected chi connectivity index (χ4v) is 5.74. The first kappa shape index (κ1) is 21.7. The molecule has 33 heavy (non-hydrogen) atoms. The minimum Gasteiger partial charge on any atom is -0.504 e. The van der Waals surface area contributed by atoms with Crippen LogP contribution in [0.25, 0.3) is 0 Å². The number of nitrogens with zero attached hydrogens (tertiary/aromatic N) is 1. The molecule has 0 unspecified atom stereocenters. The zero-order valence-electron chi connectivity index (χ0n) is 18.0. The van der Waals surface area contributed by atoms with Crippen LogP contribution in [0.4, 0.5) is 5.69 Å². The molecule has 3 aliphatic heterocycles. The molecule has 172 valence electrons. The lowest BCUT2D eigenvalue weighted by Gasteiger charge is -2.29. The highest BCUT2D eigenvalue weighted by molar-refractivity contribution is 6.35. The predicted octanol–water partition coefficient (Wildman–Crippen LogP) is 2.51. The maximum atomic E-state index is 13.6. The number of benzene rings is 2. The number of fused-ring (bicyclic) bond motifs is 4. The number of nitrogens with one attached hydrogen (secondary N) is 2. The average Bonchev–Trinajstić information content (AvgIpc) is 3.35. The molecular weight excluding hydrogens is 446 g/mol. The third kappa shape index (κ3) is 3.04. The average molecular weight is 470 g/mol. The number of hydrogen-bond acceptors (Lipinski definition) is 6. The van der Waals surface area contributed by atoms with Crippen LogP contribution in [-0.4, -0.2) is 45.4 Å². The summed E-state index contributed by atoms with van der Waals surface area (Å²) in [4.78, 5) is 41.8. The van der Waals surface area contributed by atoms with Gasteiger partial charge >= 0.3 is 0 Å². The first-order chi connectivity index (χ1) is 15.8. The van der Waals surface area contributed by atoms with Gasteiger partial charge in [0.2, 0.25) is 17.7 Å². The van der Waals surface area contributed by atoms with Crippen LogP contribution >= 0.6 is 11.6 Å². The highest BCUT2D eigenvalue weighted by atomic mass is 35.5. The standard InChI is InChI=1S/C24H24ClN3O5/c1-2-3-9-28-21(31)18-15(10-12-7-8-16(29)17(30)11-12)27-24(19(18)22(28)32)13-5-4-6-14(25)20(13)26-23(24)33/h4-8,11,15,18-19,27,29-30H,2-3,9-10H2,1H3,(H,26,33)/t15-,18+,19-,24+/m0/s1. The maximum absolute atomic E-state index is 13.6. The van der Waals surface area contributed by atoms with Crippen LogP contribution in [-0.2, 0) is 26.3 Å². The topological polar surface area (TPSA) is 119 Å². The first-order valence-corrected chi connectivity index (χ1v) is 11.4. The van der Waals surface area contributed by atoms with Gasteiger partial charge in [0.1, 0.15) is 5.54 Å². The second-order valence-electron chi connectivity index (χ2n) is 8.89. The maximum Gasteiger partial charge on any atom is 0.250 e. The Morgan fingerprint density at radius 3 is 2.61 bits per heavy atom. The third-order valence-electron chi connectivity index (χ3n) is 7.02. The van der Waals surface area contributed by atoms with Crippen LogP contribution in [0, 0.1) is 11.8 Å². The number of anilines is 1. The van der Waals surface area contributed by atoms with E-state index in [-0.39, 0.29) is 29.7 Å². The Bertz CT molecular complexity index is 1180. The molecule has 4 N–H and O–H groups in total. The highest BCUT2D eigenvalue weighted by Crippen LogP contribution is 2.54. The van der Waals surface area contributed by atoms with Crippen molar-refractivity contribution in [3.63, 3.8) is 0 Å². The lowest BCUT2D eigenvalue weighted by molar-refractivity contribution is -0.142. The predicted molar refractivity (Wildman–Crippen MR) is 121 cm³/mol. The van der Waals surface area contributed by atoms with Crippen LogP contribution in [0.5, 0.6) is 11.5 Å². The summed E-state index contributed by atoms with van der Waals surface area (Å²) in [6.07, 6.45) is 1.79. The van der Waals surface area contributed by atoms with Gasteiger partial charge in [-0.15, -0.1) is 0 Å². The van der Waals surface area contributed by atoms with E-state index in [0.717, 1.165) is 6.42 Å². The summed E-state index contributed by atoms with van der Waals surface area (Å²) in [7, 11) is 0. The molecule has 5 rings (SSSR count). The number of amides is 3. The lowest BCUT2D eigenvalue weighted by atomic mass is 9.76. The summed E-state index contributed by atoms with van der Waals surface area (Å²) >= 11 is 6.34. The summed E-state index contributed by atoms with van der Waals surface area (Å²) < 4.78 is 0. The van der Waals surface area contributed by atoms with E-state index < -0.39 is 29.3 Å². The van der Waals surface area contributed by atoms with Gasteiger partial charge in [-0.3, -0.25) is 24.6 Å². The zero-order valence-corrected chi connectivity index (χ0v) is 18.7. The van der Waals surface area contributed by atoms with Crippen molar-refractivity contribution in [1.29, 1.82) is 0 Å². The minimum atomic E-state index is -1.41. The minimum absolute atomic E-state index is 0.246. The molecular formula is C24H24ClN3O5. The number of carbonyl (C=O) groups excluding carboxylic acids is 3. The first-order valence-electron chi connectivity index (χ1n) is 11.0. The Balaban J connectivity index is 1.61. The van der Waals surface area contributed by atoms with Gasteiger partial charge in [-0.1, -0.05) is 43.1 Å². The van der Waals surface area contributed by atoms with Gasteiger partial charge < -0.3 is 15.5 Å². The molecule has 9 heteroatoms. The molecule has 2 saturated heterocycles. The van der Waals surface area contributed by atoms with E-state index in [1.165, 1.54) is 17.0 Å². The smallest absolute Gasteiger partial charge is 0.250 e. The molecule has 0 bridgehead atoms. The number of aromatic hydroxyl groups is 2. The van der Waals surface area contributed by atoms with Crippen molar-refractivity contribution in [1.82, 2.24) is 10.2 Å². The number of halogens is 1. The Morgan fingerprint density at radius 1 is 1.09 bits per heavy atom. The molecule has 0 aliphatic carbocycles. The SMILES string of the molecule is CCCCN1C(=O)[C@@H]2[C@H](Cc3ccc(O)c(O)c3)N[C@@]3(C(=O)Nc4c(Cl)cccc43)[C@@H]2C1=O.